The van der Waals surface area contributed by atoms with Gasteiger partial charge in [0.05, 0.1) is 18.2 Å². The van der Waals surface area contributed by atoms with Gasteiger partial charge >= 0.3 is 0 Å². The van der Waals surface area contributed by atoms with E-state index in [1.54, 1.807) is 22.8 Å². The minimum absolute atomic E-state index is 0.0204. The molecule has 1 saturated heterocycles. The molecule has 7 heteroatoms. The predicted molar refractivity (Wildman–Crippen MR) is 132 cm³/mol. The summed E-state index contributed by atoms with van der Waals surface area (Å²) < 4.78 is 20.6. The van der Waals surface area contributed by atoms with Crippen molar-refractivity contribution >= 4 is 5.69 Å². The second-order valence-corrected chi connectivity index (χ2v) is 8.54. The van der Waals surface area contributed by atoms with Crippen molar-refractivity contribution in [2.45, 2.75) is 33.4 Å². The molecular formula is C27H32FN3O3. The van der Waals surface area contributed by atoms with Gasteiger partial charge in [0.15, 0.2) is 0 Å². The number of aromatic nitrogens is 1. The molecule has 1 N–H and O–H groups in total. The molecule has 0 amide bonds. The highest BCUT2D eigenvalue weighted by molar-refractivity contribution is 5.47. The first-order valence-electron chi connectivity index (χ1n) is 11.8. The number of ether oxygens (including phenoxy) is 1. The molecule has 180 valence electrons. The molecule has 1 atom stereocenters. The summed E-state index contributed by atoms with van der Waals surface area (Å²) in [6, 6.07) is 15.6. The van der Waals surface area contributed by atoms with Crippen molar-refractivity contribution < 1.29 is 14.2 Å². The topological polar surface area (TPSA) is 57.9 Å². The Morgan fingerprint density at radius 1 is 1.00 bits per heavy atom. The molecule has 1 aliphatic heterocycles. The van der Waals surface area contributed by atoms with Crippen LogP contribution in [0.4, 0.5) is 10.1 Å². The molecule has 1 aliphatic rings. The number of rotatable bonds is 7. The van der Waals surface area contributed by atoms with Crippen LogP contribution in [0, 0.1) is 12.7 Å². The van der Waals surface area contributed by atoms with Gasteiger partial charge in [-0.2, -0.15) is 0 Å². The van der Waals surface area contributed by atoms with Gasteiger partial charge in [-0.3, -0.25) is 9.69 Å². The quantitative estimate of drug-likeness (QED) is 0.563. The summed E-state index contributed by atoms with van der Waals surface area (Å²) in [7, 11) is 0. The van der Waals surface area contributed by atoms with Gasteiger partial charge in [-0.1, -0.05) is 12.1 Å². The number of piperazine rings is 1. The molecular weight excluding hydrogens is 433 g/mol. The van der Waals surface area contributed by atoms with Gasteiger partial charge < -0.3 is 19.3 Å². The number of aromatic hydroxyl groups is 1. The highest BCUT2D eigenvalue weighted by Gasteiger charge is 2.31. The number of pyridine rings is 1. The van der Waals surface area contributed by atoms with Gasteiger partial charge in [-0.15, -0.1) is 0 Å². The fraction of sp³-hybridized carbons (Fsp3) is 0.370. The Hall–Kier alpha value is -3.32. The largest absolute Gasteiger partial charge is 0.507 e. The number of hydrogen-bond acceptors (Lipinski definition) is 5. The van der Waals surface area contributed by atoms with E-state index in [4.69, 9.17) is 4.74 Å². The van der Waals surface area contributed by atoms with Crippen molar-refractivity contribution in [1.82, 2.24) is 9.47 Å². The number of aryl methyl sites for hydroxylation is 1. The average Bonchev–Trinajstić information content (AvgIpc) is 2.83. The summed E-state index contributed by atoms with van der Waals surface area (Å²) in [5.74, 6) is 0.539. The molecule has 0 aliphatic carbocycles. The van der Waals surface area contributed by atoms with Crippen LogP contribution in [0.15, 0.2) is 59.4 Å². The van der Waals surface area contributed by atoms with E-state index in [1.807, 2.05) is 45.0 Å². The lowest BCUT2D eigenvalue weighted by Crippen LogP contribution is -2.49. The maximum Gasteiger partial charge on any atom is 0.259 e. The van der Waals surface area contributed by atoms with E-state index in [1.165, 1.54) is 12.1 Å². The second kappa shape index (κ2) is 10.3. The van der Waals surface area contributed by atoms with E-state index in [2.05, 4.69) is 9.80 Å². The van der Waals surface area contributed by atoms with E-state index in [9.17, 15) is 14.3 Å². The second-order valence-electron chi connectivity index (χ2n) is 8.54. The highest BCUT2D eigenvalue weighted by Crippen LogP contribution is 2.34. The normalized spacial score (nSPS) is 15.4. The fourth-order valence-corrected chi connectivity index (χ4v) is 4.78. The highest BCUT2D eigenvalue weighted by atomic mass is 19.1. The Morgan fingerprint density at radius 3 is 2.24 bits per heavy atom. The molecule has 3 aromatic rings. The first kappa shape index (κ1) is 23.8. The van der Waals surface area contributed by atoms with Crippen LogP contribution in [-0.2, 0) is 6.54 Å². The van der Waals surface area contributed by atoms with Crippen molar-refractivity contribution in [1.29, 1.82) is 0 Å². The van der Waals surface area contributed by atoms with Gasteiger partial charge in [0.1, 0.15) is 17.3 Å². The molecule has 2 heterocycles. The first-order valence-corrected chi connectivity index (χ1v) is 11.8. The van der Waals surface area contributed by atoms with Crippen LogP contribution >= 0.6 is 0 Å². The molecule has 0 saturated carbocycles. The van der Waals surface area contributed by atoms with E-state index < -0.39 is 6.04 Å². The van der Waals surface area contributed by atoms with Gasteiger partial charge in [0.2, 0.25) is 0 Å². The van der Waals surface area contributed by atoms with Gasteiger partial charge in [-0.05, 0) is 68.8 Å². The summed E-state index contributed by atoms with van der Waals surface area (Å²) in [5.41, 5.74) is 2.87. The van der Waals surface area contributed by atoms with E-state index in [0.29, 0.717) is 31.8 Å². The Labute approximate surface area is 199 Å². The summed E-state index contributed by atoms with van der Waals surface area (Å²) >= 11 is 0. The first-order chi connectivity index (χ1) is 16.4. The monoisotopic (exact) mass is 465 g/mol. The van der Waals surface area contributed by atoms with E-state index in [0.717, 1.165) is 35.8 Å². The maximum atomic E-state index is 13.5. The standard InChI is InChI=1S/C27H32FN3O3/c1-4-31-19(3)18-24(32)25(27(31)33)26(20-6-12-23(13-7-20)34-5-2)30-16-14-29(15-17-30)22-10-8-21(28)9-11-22/h6-13,18,26,32H,4-5,14-17H2,1-3H3/t26-/m0/s1. The van der Waals surface area contributed by atoms with E-state index in [-0.39, 0.29) is 17.1 Å². The molecule has 0 unspecified atom stereocenters. The molecule has 2 aromatic carbocycles. The minimum Gasteiger partial charge on any atom is -0.507 e. The SMILES string of the molecule is CCOc1ccc([C@@H](c2c(O)cc(C)n(CC)c2=O)N2CCN(c3ccc(F)cc3)CC2)cc1. The summed E-state index contributed by atoms with van der Waals surface area (Å²) in [6.45, 7) is 9.66. The number of nitrogens with zero attached hydrogens (tertiary/aromatic N) is 3. The fourth-order valence-electron chi connectivity index (χ4n) is 4.78. The minimum atomic E-state index is -0.392. The zero-order chi connectivity index (χ0) is 24.2. The zero-order valence-corrected chi connectivity index (χ0v) is 20.0. The summed E-state index contributed by atoms with van der Waals surface area (Å²) in [5, 5.41) is 10.9. The number of hydrogen-bond donors (Lipinski definition) is 1. The molecule has 1 fully saturated rings. The molecule has 6 nitrogen and oxygen atoms in total. The lowest BCUT2D eigenvalue weighted by Gasteiger charge is -2.40. The molecule has 1 aromatic heterocycles. The number of benzene rings is 2. The van der Waals surface area contributed by atoms with Crippen molar-refractivity contribution in [3.63, 3.8) is 0 Å². The van der Waals surface area contributed by atoms with Crippen LogP contribution in [0.1, 0.15) is 36.7 Å². The summed E-state index contributed by atoms with van der Waals surface area (Å²) in [4.78, 5) is 17.9. The third-order valence-corrected chi connectivity index (χ3v) is 6.49. The molecule has 34 heavy (non-hydrogen) atoms. The predicted octanol–water partition coefficient (Wildman–Crippen LogP) is 4.33. The van der Waals surface area contributed by atoms with Gasteiger partial charge in [-0.25, -0.2) is 4.39 Å². The van der Waals surface area contributed by atoms with Crippen LogP contribution in [-0.4, -0.2) is 47.4 Å². The molecule has 0 bridgehead atoms. The lowest BCUT2D eigenvalue weighted by molar-refractivity contribution is 0.207. The van der Waals surface area contributed by atoms with Crippen molar-refractivity contribution in [2.24, 2.45) is 0 Å². The van der Waals surface area contributed by atoms with Gasteiger partial charge in [0.25, 0.3) is 5.56 Å². The Kier molecular flexibility index (Phi) is 7.22. The smallest absolute Gasteiger partial charge is 0.259 e. The third kappa shape index (κ3) is 4.80. The van der Waals surface area contributed by atoms with Crippen molar-refractivity contribution in [3.05, 3.63) is 87.6 Å². The van der Waals surface area contributed by atoms with Crippen LogP contribution in [0.3, 0.4) is 0 Å². The van der Waals surface area contributed by atoms with Crippen LogP contribution in [0.2, 0.25) is 0 Å². The summed E-state index contributed by atoms with van der Waals surface area (Å²) in [6.07, 6.45) is 0. The third-order valence-electron chi connectivity index (χ3n) is 6.49. The number of anilines is 1. The van der Waals surface area contributed by atoms with Crippen molar-refractivity contribution in [3.8, 4) is 11.5 Å². The van der Waals surface area contributed by atoms with Crippen LogP contribution in [0.25, 0.3) is 0 Å². The van der Waals surface area contributed by atoms with Crippen LogP contribution in [0.5, 0.6) is 11.5 Å². The Bertz CT molecular complexity index is 1170. The van der Waals surface area contributed by atoms with Gasteiger partial charge in [0, 0.05) is 44.1 Å². The average molecular weight is 466 g/mol. The maximum absolute atomic E-state index is 13.5. The lowest BCUT2D eigenvalue weighted by atomic mass is 9.95. The Balaban J connectivity index is 1.70. The van der Waals surface area contributed by atoms with E-state index >= 15 is 0 Å². The molecule has 4 rings (SSSR count). The Morgan fingerprint density at radius 2 is 1.65 bits per heavy atom. The van der Waals surface area contributed by atoms with Crippen molar-refractivity contribution in [2.75, 3.05) is 37.7 Å². The van der Waals surface area contributed by atoms with Crippen LogP contribution < -0.4 is 15.2 Å². The zero-order valence-electron chi connectivity index (χ0n) is 20.0. The number of halogens is 1. The molecule has 0 radical (unpaired) electrons. The molecule has 0 spiro atoms.